The largest absolute Gasteiger partial charge is 0.465 e. The Morgan fingerprint density at radius 2 is 1.04 bits per heavy atom. The summed E-state index contributed by atoms with van der Waals surface area (Å²) in [5, 5.41) is 0. The normalized spacial score (nSPS) is 10.4. The molecule has 2 aromatic rings. The Balaban J connectivity index is 1.82. The molecule has 0 atom stereocenters. The predicted octanol–water partition coefficient (Wildman–Crippen LogP) is 4.66. The summed E-state index contributed by atoms with van der Waals surface area (Å²) < 4.78 is 9.86. The van der Waals surface area contributed by atoms with Gasteiger partial charge in [0.15, 0.2) is 0 Å². The first-order valence-corrected chi connectivity index (χ1v) is 10.2. The topological polar surface area (TPSA) is 52.6 Å². The van der Waals surface area contributed by atoms with Crippen molar-refractivity contribution in [1.82, 2.24) is 0 Å². The summed E-state index contributed by atoms with van der Waals surface area (Å²) in [6, 6.07) is 16.7. The molecule has 0 unspecified atom stereocenters. The minimum Gasteiger partial charge on any atom is -0.465 e. The number of carbonyl (C=O) groups is 2. The third kappa shape index (κ3) is 7.54. The van der Waals surface area contributed by atoms with E-state index in [0.29, 0.717) is 13.2 Å². The molecule has 0 aromatic heterocycles. The highest BCUT2D eigenvalue weighted by molar-refractivity contribution is 7.99. The van der Waals surface area contributed by atoms with Crippen molar-refractivity contribution < 1.29 is 19.1 Å². The molecular weight excluding hydrogens is 368 g/mol. The molecule has 0 radical (unpaired) electrons. The van der Waals surface area contributed by atoms with Crippen LogP contribution in [0.1, 0.15) is 13.8 Å². The highest BCUT2D eigenvalue weighted by Crippen LogP contribution is 2.26. The maximum Gasteiger partial charge on any atom is 0.302 e. The van der Waals surface area contributed by atoms with Gasteiger partial charge in [-0.1, -0.05) is 24.3 Å². The van der Waals surface area contributed by atoms with E-state index in [2.05, 4.69) is 48.5 Å². The van der Waals surface area contributed by atoms with E-state index in [9.17, 15) is 9.59 Å². The molecule has 0 fully saturated rings. The number of hydrogen-bond acceptors (Lipinski definition) is 6. The molecule has 0 saturated heterocycles. The second-order valence-electron chi connectivity index (χ2n) is 5.43. The number of esters is 2. The van der Waals surface area contributed by atoms with Crippen molar-refractivity contribution in [2.24, 2.45) is 0 Å². The molecule has 2 rings (SSSR count). The van der Waals surface area contributed by atoms with Gasteiger partial charge in [0.1, 0.15) is 13.2 Å². The average molecular weight is 391 g/mol. The van der Waals surface area contributed by atoms with Crippen LogP contribution in [0.15, 0.2) is 58.3 Å². The summed E-state index contributed by atoms with van der Waals surface area (Å²) in [4.78, 5) is 23.8. The van der Waals surface area contributed by atoms with Gasteiger partial charge < -0.3 is 9.47 Å². The fourth-order valence-corrected chi connectivity index (χ4v) is 3.64. The molecule has 0 N–H and O–H groups in total. The second-order valence-corrected chi connectivity index (χ2v) is 7.76. The van der Waals surface area contributed by atoms with Crippen LogP contribution in [0.25, 0.3) is 11.1 Å². The molecule has 0 saturated carbocycles. The van der Waals surface area contributed by atoms with Gasteiger partial charge >= 0.3 is 11.9 Å². The summed E-state index contributed by atoms with van der Waals surface area (Å²) in [6.45, 7) is 3.70. The standard InChI is InChI=1S/C20H22O4S2/c1-15(21)23-11-13-25-19-7-3-17(4-8-19)18-5-9-20(10-6-18)26-14-12-24-16(2)22/h3-10H,11-14H2,1-2H3. The van der Waals surface area contributed by atoms with Crippen LogP contribution in [-0.4, -0.2) is 36.7 Å². The molecule has 0 heterocycles. The molecule has 26 heavy (non-hydrogen) atoms. The summed E-state index contributed by atoms with van der Waals surface area (Å²) in [5.41, 5.74) is 2.32. The maximum atomic E-state index is 10.7. The molecule has 0 bridgehead atoms. The third-order valence-corrected chi connectivity index (χ3v) is 5.31. The molecular formula is C20H22O4S2. The van der Waals surface area contributed by atoms with Crippen molar-refractivity contribution in [3.63, 3.8) is 0 Å². The molecule has 0 aliphatic heterocycles. The smallest absolute Gasteiger partial charge is 0.302 e. The van der Waals surface area contributed by atoms with Crippen LogP contribution in [0, 0.1) is 0 Å². The van der Waals surface area contributed by atoms with Crippen molar-refractivity contribution >= 4 is 35.5 Å². The van der Waals surface area contributed by atoms with E-state index in [-0.39, 0.29) is 11.9 Å². The maximum absolute atomic E-state index is 10.7. The Kier molecular flexibility index (Phi) is 8.58. The zero-order chi connectivity index (χ0) is 18.8. The SMILES string of the molecule is CC(=O)OCCSc1ccc(-c2ccc(SCCOC(C)=O)cc2)cc1. The third-order valence-electron chi connectivity index (χ3n) is 3.36. The van der Waals surface area contributed by atoms with Crippen molar-refractivity contribution in [3.05, 3.63) is 48.5 Å². The monoisotopic (exact) mass is 390 g/mol. The van der Waals surface area contributed by atoms with Gasteiger partial charge in [0.2, 0.25) is 0 Å². The predicted molar refractivity (Wildman–Crippen MR) is 107 cm³/mol. The van der Waals surface area contributed by atoms with Crippen molar-refractivity contribution in [2.75, 3.05) is 24.7 Å². The Labute approximate surface area is 162 Å². The Morgan fingerprint density at radius 1 is 0.692 bits per heavy atom. The highest BCUT2D eigenvalue weighted by atomic mass is 32.2. The van der Waals surface area contributed by atoms with Gasteiger partial charge in [0.05, 0.1) is 0 Å². The lowest BCUT2D eigenvalue weighted by molar-refractivity contribution is -0.141. The second kappa shape index (κ2) is 10.9. The number of ether oxygens (including phenoxy) is 2. The minimum absolute atomic E-state index is 0.242. The zero-order valence-corrected chi connectivity index (χ0v) is 16.5. The van der Waals surface area contributed by atoms with Crippen LogP contribution >= 0.6 is 23.5 Å². The Hall–Kier alpha value is -1.92. The van der Waals surface area contributed by atoms with Crippen LogP contribution in [0.5, 0.6) is 0 Å². The van der Waals surface area contributed by atoms with E-state index < -0.39 is 0 Å². The zero-order valence-electron chi connectivity index (χ0n) is 14.9. The van der Waals surface area contributed by atoms with Gasteiger partial charge in [-0.15, -0.1) is 23.5 Å². The molecule has 6 heteroatoms. The summed E-state index contributed by atoms with van der Waals surface area (Å²) in [5.74, 6) is 1.01. The first kappa shape index (κ1) is 20.4. The average Bonchev–Trinajstić information content (AvgIpc) is 2.63. The lowest BCUT2D eigenvalue weighted by Crippen LogP contribution is -2.02. The van der Waals surface area contributed by atoms with Crippen molar-refractivity contribution in [1.29, 1.82) is 0 Å². The van der Waals surface area contributed by atoms with Crippen molar-refractivity contribution in [3.8, 4) is 11.1 Å². The van der Waals surface area contributed by atoms with E-state index in [4.69, 9.17) is 9.47 Å². The van der Waals surface area contributed by atoms with Crippen LogP contribution in [0.2, 0.25) is 0 Å². The fraction of sp³-hybridized carbons (Fsp3) is 0.300. The number of benzene rings is 2. The van der Waals surface area contributed by atoms with E-state index in [1.807, 2.05) is 0 Å². The van der Waals surface area contributed by atoms with Gasteiger partial charge in [0.25, 0.3) is 0 Å². The first-order valence-electron chi connectivity index (χ1n) is 8.27. The quantitative estimate of drug-likeness (QED) is 0.352. The molecule has 4 nitrogen and oxygen atoms in total. The lowest BCUT2D eigenvalue weighted by atomic mass is 10.1. The van der Waals surface area contributed by atoms with E-state index in [0.717, 1.165) is 32.4 Å². The fourth-order valence-electron chi connectivity index (χ4n) is 2.18. The van der Waals surface area contributed by atoms with Gasteiger partial charge in [-0.3, -0.25) is 9.59 Å². The first-order chi connectivity index (χ1) is 12.5. The summed E-state index contributed by atoms with van der Waals surface area (Å²) >= 11 is 3.33. The van der Waals surface area contributed by atoms with Gasteiger partial charge in [-0.2, -0.15) is 0 Å². The molecule has 2 aromatic carbocycles. The van der Waals surface area contributed by atoms with Crippen LogP contribution in [-0.2, 0) is 19.1 Å². The molecule has 0 spiro atoms. The minimum atomic E-state index is -0.242. The number of thioether (sulfide) groups is 2. The van der Waals surface area contributed by atoms with Gasteiger partial charge in [0, 0.05) is 35.1 Å². The molecule has 0 aliphatic carbocycles. The molecule has 0 aliphatic rings. The van der Waals surface area contributed by atoms with E-state index >= 15 is 0 Å². The number of carbonyl (C=O) groups excluding carboxylic acids is 2. The Bertz CT molecular complexity index is 648. The van der Waals surface area contributed by atoms with Gasteiger partial charge in [-0.25, -0.2) is 0 Å². The highest BCUT2D eigenvalue weighted by Gasteiger charge is 2.01. The summed E-state index contributed by atoms with van der Waals surface area (Å²) in [6.07, 6.45) is 0. The number of rotatable bonds is 9. The molecule has 0 amide bonds. The van der Waals surface area contributed by atoms with Gasteiger partial charge in [-0.05, 0) is 35.4 Å². The van der Waals surface area contributed by atoms with Crippen LogP contribution in [0.4, 0.5) is 0 Å². The van der Waals surface area contributed by atoms with Crippen LogP contribution < -0.4 is 0 Å². The van der Waals surface area contributed by atoms with Crippen LogP contribution in [0.3, 0.4) is 0 Å². The lowest BCUT2D eigenvalue weighted by Gasteiger charge is -2.07. The Morgan fingerprint density at radius 3 is 1.35 bits per heavy atom. The van der Waals surface area contributed by atoms with Crippen molar-refractivity contribution in [2.45, 2.75) is 23.6 Å². The number of hydrogen-bond donors (Lipinski definition) is 0. The van der Waals surface area contributed by atoms with E-state index in [1.165, 1.54) is 13.8 Å². The van der Waals surface area contributed by atoms with E-state index in [1.54, 1.807) is 23.5 Å². The summed E-state index contributed by atoms with van der Waals surface area (Å²) in [7, 11) is 0. The molecule has 138 valence electrons.